The van der Waals surface area contributed by atoms with Crippen molar-refractivity contribution in [2.24, 2.45) is 0 Å². The van der Waals surface area contributed by atoms with Crippen molar-refractivity contribution in [3.05, 3.63) is 108 Å². The first-order chi connectivity index (χ1) is 35.6. The molecule has 7 rings (SSSR count). The number of esters is 1. The fraction of sp³-hybridized carbons (Fsp3) is 0.500. The van der Waals surface area contributed by atoms with Gasteiger partial charge in [0.25, 0.3) is 5.91 Å². The summed E-state index contributed by atoms with van der Waals surface area (Å²) in [6.45, 7) is 2.33. The van der Waals surface area contributed by atoms with E-state index in [1.165, 1.54) is 23.8 Å². The van der Waals surface area contributed by atoms with E-state index in [4.69, 9.17) is 33.0 Å². The summed E-state index contributed by atoms with van der Waals surface area (Å²) in [7, 11) is -0.679. The van der Waals surface area contributed by atoms with Gasteiger partial charge in [-0.3, -0.25) is 14.2 Å². The molecule has 0 saturated carbocycles. The first-order valence-electron chi connectivity index (χ1n) is 25.0. The lowest BCUT2D eigenvalue weighted by Crippen LogP contribution is -2.29. The number of benzene rings is 3. The number of imidazole rings is 1. The molecule has 1 fully saturated rings. The number of nitrogens with zero attached hydrogens (tertiary/aromatic N) is 5. The number of hydrogen-bond acceptors (Lipinski definition) is 18. The largest absolute Gasteiger partial charge is 0.572 e. The quantitative estimate of drug-likeness (QED) is 0.00886. The van der Waals surface area contributed by atoms with E-state index in [1.807, 2.05) is 30.3 Å². The molecule has 18 nitrogen and oxygen atoms in total. The molecule has 0 radical (unpaired) electrons. The van der Waals surface area contributed by atoms with Crippen molar-refractivity contribution in [2.75, 3.05) is 49.9 Å². The minimum Gasteiger partial charge on any atom is -0.465 e. The van der Waals surface area contributed by atoms with Crippen LogP contribution in [0.3, 0.4) is 0 Å². The van der Waals surface area contributed by atoms with Crippen LogP contribution in [0, 0.1) is 11.3 Å². The van der Waals surface area contributed by atoms with Crippen molar-refractivity contribution in [1.29, 1.82) is 5.26 Å². The number of aromatic nitrogens is 4. The van der Waals surface area contributed by atoms with Gasteiger partial charge in [0.2, 0.25) is 0 Å². The number of carbonyl (C=O) groups excluding carboxylic acids is 2. The zero-order valence-electron chi connectivity index (χ0n) is 41.0. The molecule has 4 unspecified atom stereocenters. The van der Waals surface area contributed by atoms with Gasteiger partial charge in [-0.1, -0.05) is 108 Å². The number of nitriles is 1. The van der Waals surface area contributed by atoms with Gasteiger partial charge in [-0.15, -0.1) is 4.52 Å². The van der Waals surface area contributed by atoms with Crippen LogP contribution in [-0.2, 0) is 39.0 Å². The molecule has 1 saturated heterocycles. The molecule has 1 aliphatic carbocycles. The summed E-state index contributed by atoms with van der Waals surface area (Å²) in [5.41, 5.74) is 6.51. The van der Waals surface area contributed by atoms with Crippen LogP contribution in [0.4, 0.5) is 5.82 Å². The summed E-state index contributed by atoms with van der Waals surface area (Å²) in [6, 6.07) is 25.3. The van der Waals surface area contributed by atoms with Crippen molar-refractivity contribution in [3.8, 4) is 17.2 Å². The first kappa shape index (κ1) is 56.1. The van der Waals surface area contributed by atoms with E-state index in [2.05, 4.69) is 51.5 Å². The third-order valence-electron chi connectivity index (χ3n) is 12.5. The van der Waals surface area contributed by atoms with Crippen molar-refractivity contribution in [1.82, 2.24) is 19.5 Å². The van der Waals surface area contributed by atoms with Crippen molar-refractivity contribution >= 4 is 58.6 Å². The van der Waals surface area contributed by atoms with Gasteiger partial charge in [0.1, 0.15) is 44.6 Å². The van der Waals surface area contributed by atoms with Gasteiger partial charge in [0.15, 0.2) is 23.3 Å². The van der Waals surface area contributed by atoms with Crippen LogP contribution in [-0.4, -0.2) is 121 Å². The van der Waals surface area contributed by atoms with Crippen LogP contribution in [0.5, 0.6) is 0 Å². The Bertz CT molecular complexity index is 2530. The second kappa shape index (κ2) is 28.9. The Hall–Kier alpha value is -4.59. The van der Waals surface area contributed by atoms with Gasteiger partial charge in [-0.05, 0) is 72.1 Å². The molecular weight excluding hydrogens is 996 g/mol. The van der Waals surface area contributed by atoms with Gasteiger partial charge >= 0.3 is 14.1 Å². The van der Waals surface area contributed by atoms with E-state index < -0.39 is 51.5 Å². The van der Waals surface area contributed by atoms with Gasteiger partial charge in [-0.25, -0.2) is 15.0 Å². The Morgan fingerprint density at radius 1 is 0.904 bits per heavy atom. The van der Waals surface area contributed by atoms with Crippen LogP contribution in [0.2, 0.25) is 0 Å². The molecule has 2 aromatic heterocycles. The third kappa shape index (κ3) is 16.2. The number of carbonyl (C=O) groups is 2. The standard InChI is InChI=1S/C52H65N6O12PS2/c1-2-3-4-12-38(60)22-24-47(61)65-26-10-29-72-73-30-11-28-68-71(64,67-27-9-25-53)70-44-31-46(69-45(44)32-59)58-35-56-49-50(54-34-55-51(49)58)57-52(63)37-20-17-36(18-21-37)19-23-48(62)66-33-43-41-15-7-5-13-39(41)40-14-6-8-16-42(40)43/h5-8,13-18,20-21,34-35,38,43-47,59-61,64H,2-4,9-12,19,22-24,26-33H2,1H3/p+1/t38?,44?,45-,46-,47?,71?/m1/s1. The zero-order valence-corrected chi connectivity index (χ0v) is 43.6. The smallest absolute Gasteiger partial charge is 0.465 e. The number of rotatable bonds is 32. The molecule has 21 heteroatoms. The second-order valence-electron chi connectivity index (χ2n) is 17.7. The highest BCUT2D eigenvalue weighted by molar-refractivity contribution is 8.76. The van der Waals surface area contributed by atoms with Gasteiger partial charge in [-0.2, -0.15) is 19.2 Å². The van der Waals surface area contributed by atoms with E-state index in [-0.39, 0.29) is 56.8 Å². The Morgan fingerprint density at radius 3 is 2.33 bits per heavy atom. The maximum absolute atomic E-state index is 13.5. The molecule has 392 valence electrons. The van der Waals surface area contributed by atoms with Crippen molar-refractivity contribution in [2.45, 2.75) is 121 Å². The number of fused-ring (bicyclic) bond motifs is 4. The maximum atomic E-state index is 13.5. The second-order valence-corrected chi connectivity index (χ2v) is 22.1. The lowest BCUT2D eigenvalue weighted by atomic mass is 9.98. The summed E-state index contributed by atoms with van der Waals surface area (Å²) in [4.78, 5) is 51.0. The molecule has 5 N–H and O–H groups in total. The molecule has 73 heavy (non-hydrogen) atoms. The van der Waals surface area contributed by atoms with E-state index in [1.54, 1.807) is 50.4 Å². The molecule has 0 spiro atoms. The number of hydrogen-bond donors (Lipinski definition) is 5. The molecule has 1 aliphatic heterocycles. The van der Waals surface area contributed by atoms with Crippen LogP contribution >= 0.6 is 29.8 Å². The first-order valence-corrected chi connectivity index (χ1v) is 28.9. The number of nitrogens with one attached hydrogen (secondary N) is 1. The van der Waals surface area contributed by atoms with Gasteiger partial charge in [0, 0.05) is 42.2 Å². The maximum Gasteiger partial charge on any atom is 0.572 e. The molecule has 3 heterocycles. The topological polar surface area (TPSA) is 250 Å². The summed E-state index contributed by atoms with van der Waals surface area (Å²) < 4.78 is 36.6. The molecular formula is C52H66N6O12PS2+. The molecule has 2 aliphatic rings. The summed E-state index contributed by atoms with van der Waals surface area (Å²) >= 11 is 0. The zero-order chi connectivity index (χ0) is 51.4. The Balaban J connectivity index is 0.841. The van der Waals surface area contributed by atoms with E-state index in [0.29, 0.717) is 54.8 Å². The number of aliphatic hydroxyl groups excluding tert-OH is 3. The Kier molecular flexibility index (Phi) is 22.2. The highest BCUT2D eigenvalue weighted by atomic mass is 33.1. The van der Waals surface area contributed by atoms with Crippen LogP contribution < -0.4 is 5.32 Å². The summed E-state index contributed by atoms with van der Waals surface area (Å²) in [5, 5.41) is 42.4. The predicted molar refractivity (Wildman–Crippen MR) is 280 cm³/mol. The Morgan fingerprint density at radius 2 is 1.62 bits per heavy atom. The molecule has 3 aromatic carbocycles. The lowest BCUT2D eigenvalue weighted by Gasteiger charge is -2.20. The molecule has 5 aromatic rings. The number of anilines is 1. The molecule has 1 amide bonds. The fourth-order valence-corrected chi connectivity index (χ4v) is 12.2. The van der Waals surface area contributed by atoms with E-state index in [0.717, 1.165) is 54.5 Å². The summed E-state index contributed by atoms with van der Waals surface area (Å²) in [5.74, 6) is 0.933. The molecule has 6 atom stereocenters. The third-order valence-corrected chi connectivity index (χ3v) is 16.6. The monoisotopic (exact) mass is 1060 g/mol. The van der Waals surface area contributed by atoms with Crippen LogP contribution in [0.1, 0.15) is 117 Å². The van der Waals surface area contributed by atoms with Gasteiger partial charge < -0.3 is 34.8 Å². The average molecular weight is 1060 g/mol. The average Bonchev–Trinajstić information content (AvgIpc) is 4.11. The van der Waals surface area contributed by atoms with Crippen molar-refractivity contribution in [3.63, 3.8) is 0 Å². The Labute approximate surface area is 434 Å². The number of aliphatic hydroxyl groups is 3. The van der Waals surface area contributed by atoms with Crippen molar-refractivity contribution < 1.29 is 57.6 Å². The number of aryl methyl sites for hydroxylation is 1. The summed E-state index contributed by atoms with van der Waals surface area (Å²) in [6.07, 6.45) is 5.87. The van der Waals surface area contributed by atoms with E-state index >= 15 is 0 Å². The van der Waals surface area contributed by atoms with Gasteiger partial charge in [0.05, 0.1) is 38.1 Å². The minimum absolute atomic E-state index is 0.00683. The minimum atomic E-state index is -3.97. The number of ether oxygens (including phenoxy) is 3. The van der Waals surface area contributed by atoms with Crippen LogP contribution in [0.15, 0.2) is 85.5 Å². The molecule has 0 bridgehead atoms. The normalized spacial score (nSPS) is 17.9. The van der Waals surface area contributed by atoms with E-state index in [9.17, 15) is 29.8 Å². The number of unbranched alkanes of at least 4 members (excludes halogenated alkanes) is 2. The fourth-order valence-electron chi connectivity index (χ4n) is 8.66. The predicted octanol–water partition coefficient (Wildman–Crippen LogP) is 8.87. The number of amides is 1. The lowest BCUT2D eigenvalue weighted by molar-refractivity contribution is -0.143. The highest BCUT2D eigenvalue weighted by Gasteiger charge is 2.52. The SMILES string of the molecule is CCCCCC(O)CCC(O)OCCCSSCCCO[P+](O)(OCCC#N)OC1C[C@H](n2cnc3c(NC(=O)c4ccc(CCC(=O)OCC5c6ccccc6-c6ccccc65)cc4)ncnc32)O[C@@H]1CO. The van der Waals surface area contributed by atoms with Crippen LogP contribution in [0.25, 0.3) is 22.3 Å². The highest BCUT2D eigenvalue weighted by Crippen LogP contribution is 2.61.